The zero-order valence-corrected chi connectivity index (χ0v) is 19.4. The van der Waals surface area contributed by atoms with Gasteiger partial charge in [-0.3, -0.25) is 9.97 Å². The van der Waals surface area contributed by atoms with Gasteiger partial charge in [-0.1, -0.05) is 60.1 Å². The Morgan fingerprint density at radius 3 is 2.52 bits per heavy atom. The van der Waals surface area contributed by atoms with Gasteiger partial charge in [0, 0.05) is 30.4 Å². The molecule has 1 aromatic heterocycles. The maximum atomic E-state index is 6.09. The molecule has 4 aromatic rings. The summed E-state index contributed by atoms with van der Waals surface area (Å²) in [5.74, 6) is 0. The largest absolute Gasteiger partial charge is 0.361 e. The Kier molecular flexibility index (Phi) is 6.28. The Hall–Kier alpha value is -3.35. The van der Waals surface area contributed by atoms with Crippen molar-refractivity contribution in [2.24, 2.45) is 5.10 Å². The Balaban J connectivity index is 1.40. The molecule has 164 valence electrons. The molecule has 3 aromatic carbocycles. The van der Waals surface area contributed by atoms with Crippen LogP contribution in [-0.2, 0) is 6.42 Å². The summed E-state index contributed by atoms with van der Waals surface area (Å²) in [7, 11) is 0. The van der Waals surface area contributed by atoms with Crippen molar-refractivity contribution in [3.05, 3.63) is 107 Å². The lowest BCUT2D eigenvalue weighted by Crippen LogP contribution is -2.37. The van der Waals surface area contributed by atoms with E-state index in [0.717, 1.165) is 47.3 Å². The van der Waals surface area contributed by atoms with Crippen molar-refractivity contribution in [3.63, 3.8) is 0 Å². The molecule has 0 saturated heterocycles. The standard InChI is InChI=1S/C26H22ClN5S/c27-21-9-6-19(7-10-21)23-17-25(20-8-11-22-24(16-20)29-15-14-28-22)32(31-23)26(33)30-13-12-18-4-2-1-3-5-18/h1-11,14-16,25H,12-13,17H2,(H,30,33)/t25-/m0/s1. The first-order chi connectivity index (χ1) is 16.2. The van der Waals surface area contributed by atoms with E-state index >= 15 is 0 Å². The van der Waals surface area contributed by atoms with E-state index in [2.05, 4.69) is 51.7 Å². The van der Waals surface area contributed by atoms with Gasteiger partial charge in [-0.2, -0.15) is 5.10 Å². The maximum absolute atomic E-state index is 6.09. The molecule has 0 amide bonds. The quantitative estimate of drug-likeness (QED) is 0.387. The second kappa shape index (κ2) is 9.65. The van der Waals surface area contributed by atoms with Crippen LogP contribution in [0.5, 0.6) is 0 Å². The normalized spacial score (nSPS) is 15.5. The summed E-state index contributed by atoms with van der Waals surface area (Å²) >= 11 is 11.9. The predicted molar refractivity (Wildman–Crippen MR) is 137 cm³/mol. The smallest absolute Gasteiger partial charge is 0.190 e. The fourth-order valence-corrected chi connectivity index (χ4v) is 4.40. The Morgan fingerprint density at radius 1 is 0.970 bits per heavy atom. The van der Waals surface area contributed by atoms with E-state index in [1.54, 1.807) is 12.4 Å². The lowest BCUT2D eigenvalue weighted by atomic mass is 9.98. The van der Waals surface area contributed by atoms with E-state index in [4.69, 9.17) is 28.9 Å². The summed E-state index contributed by atoms with van der Waals surface area (Å²) in [6.45, 7) is 0.737. The first kappa shape index (κ1) is 21.5. The number of thiocarbonyl (C=S) groups is 1. The number of hydrazone groups is 1. The van der Waals surface area contributed by atoms with Gasteiger partial charge in [-0.25, -0.2) is 5.01 Å². The number of rotatable bonds is 5. The van der Waals surface area contributed by atoms with Gasteiger partial charge in [0.1, 0.15) is 0 Å². The molecule has 5 nitrogen and oxygen atoms in total. The van der Waals surface area contributed by atoms with Crippen molar-refractivity contribution < 1.29 is 0 Å². The number of nitrogens with zero attached hydrogens (tertiary/aromatic N) is 4. The lowest BCUT2D eigenvalue weighted by Gasteiger charge is -2.25. The van der Waals surface area contributed by atoms with E-state index in [9.17, 15) is 0 Å². The number of fused-ring (bicyclic) bond motifs is 1. The molecule has 0 aliphatic carbocycles. The van der Waals surface area contributed by atoms with E-state index < -0.39 is 0 Å². The Morgan fingerprint density at radius 2 is 1.73 bits per heavy atom. The third-order valence-corrected chi connectivity index (χ3v) is 6.29. The highest BCUT2D eigenvalue weighted by Gasteiger charge is 2.31. The monoisotopic (exact) mass is 471 g/mol. The molecule has 0 radical (unpaired) electrons. The van der Waals surface area contributed by atoms with Crippen LogP contribution < -0.4 is 5.32 Å². The minimum absolute atomic E-state index is 0.0289. The molecule has 2 heterocycles. The third-order valence-electron chi connectivity index (χ3n) is 5.71. The fraction of sp³-hybridized carbons (Fsp3) is 0.154. The van der Waals surface area contributed by atoms with Gasteiger partial charge >= 0.3 is 0 Å². The van der Waals surface area contributed by atoms with Gasteiger partial charge in [0.05, 0.1) is 22.8 Å². The first-order valence-electron chi connectivity index (χ1n) is 10.8. The Bertz CT molecular complexity index is 1310. The molecule has 0 bridgehead atoms. The predicted octanol–water partition coefficient (Wildman–Crippen LogP) is 5.55. The summed E-state index contributed by atoms with van der Waals surface area (Å²) in [5.41, 5.74) is 6.11. The molecule has 0 spiro atoms. The van der Waals surface area contributed by atoms with Crippen LogP contribution in [0, 0.1) is 0 Å². The molecule has 7 heteroatoms. The maximum Gasteiger partial charge on any atom is 0.190 e. The van der Waals surface area contributed by atoms with Gasteiger partial charge in [0.25, 0.3) is 0 Å². The molecule has 0 unspecified atom stereocenters. The van der Waals surface area contributed by atoms with Crippen molar-refractivity contribution in [1.82, 2.24) is 20.3 Å². The molecule has 0 fully saturated rings. The van der Waals surface area contributed by atoms with E-state index in [1.807, 2.05) is 41.4 Å². The van der Waals surface area contributed by atoms with Crippen LogP contribution in [0.25, 0.3) is 11.0 Å². The average molecular weight is 472 g/mol. The molecule has 33 heavy (non-hydrogen) atoms. The number of aromatic nitrogens is 2. The van der Waals surface area contributed by atoms with Crippen LogP contribution in [0.15, 0.2) is 90.3 Å². The van der Waals surface area contributed by atoms with Crippen LogP contribution in [0.2, 0.25) is 5.02 Å². The minimum atomic E-state index is -0.0289. The van der Waals surface area contributed by atoms with Crippen molar-refractivity contribution in [1.29, 1.82) is 0 Å². The first-order valence-corrected chi connectivity index (χ1v) is 11.6. The van der Waals surface area contributed by atoms with Crippen molar-refractivity contribution >= 4 is 45.7 Å². The third kappa shape index (κ3) is 4.87. The zero-order chi connectivity index (χ0) is 22.6. The molecule has 1 aliphatic rings. The van der Waals surface area contributed by atoms with Crippen LogP contribution in [0.3, 0.4) is 0 Å². The molecular weight excluding hydrogens is 450 g/mol. The van der Waals surface area contributed by atoms with E-state index in [0.29, 0.717) is 10.1 Å². The fourth-order valence-electron chi connectivity index (χ4n) is 4.00. The van der Waals surface area contributed by atoms with Gasteiger partial charge in [-0.15, -0.1) is 0 Å². The molecule has 0 saturated carbocycles. The topological polar surface area (TPSA) is 53.4 Å². The number of hydrogen-bond acceptors (Lipinski definition) is 4. The Labute approximate surface area is 203 Å². The van der Waals surface area contributed by atoms with Gasteiger partial charge in [0.15, 0.2) is 5.11 Å². The van der Waals surface area contributed by atoms with Gasteiger partial charge in [-0.05, 0) is 59.6 Å². The molecular formula is C26H22ClN5S. The average Bonchev–Trinajstić information content (AvgIpc) is 3.30. The zero-order valence-electron chi connectivity index (χ0n) is 17.9. The number of benzene rings is 3. The van der Waals surface area contributed by atoms with E-state index in [-0.39, 0.29) is 6.04 Å². The summed E-state index contributed by atoms with van der Waals surface area (Å²) in [6.07, 6.45) is 5.04. The lowest BCUT2D eigenvalue weighted by molar-refractivity contribution is 0.364. The number of nitrogens with one attached hydrogen (secondary N) is 1. The second-order valence-electron chi connectivity index (χ2n) is 7.89. The van der Waals surface area contributed by atoms with Crippen molar-refractivity contribution in [2.45, 2.75) is 18.9 Å². The SMILES string of the molecule is S=C(NCCc1ccccc1)N1N=C(c2ccc(Cl)cc2)C[C@H]1c1ccc2nccnc2c1. The molecule has 1 aliphatic heterocycles. The van der Waals surface area contributed by atoms with E-state index in [1.165, 1.54) is 5.56 Å². The molecule has 1 N–H and O–H groups in total. The molecule has 5 rings (SSSR count). The number of hydrogen-bond donors (Lipinski definition) is 1. The van der Waals surface area contributed by atoms with Crippen LogP contribution >= 0.6 is 23.8 Å². The van der Waals surface area contributed by atoms with Gasteiger partial charge < -0.3 is 5.32 Å². The second-order valence-corrected chi connectivity index (χ2v) is 8.71. The summed E-state index contributed by atoms with van der Waals surface area (Å²) in [5, 5.41) is 11.5. The highest BCUT2D eigenvalue weighted by atomic mass is 35.5. The minimum Gasteiger partial charge on any atom is -0.361 e. The van der Waals surface area contributed by atoms with Crippen LogP contribution in [0.1, 0.15) is 29.2 Å². The molecule has 1 atom stereocenters. The van der Waals surface area contributed by atoms with Crippen molar-refractivity contribution in [2.75, 3.05) is 6.54 Å². The highest BCUT2D eigenvalue weighted by Crippen LogP contribution is 2.34. The summed E-state index contributed by atoms with van der Waals surface area (Å²) in [4.78, 5) is 8.86. The highest BCUT2D eigenvalue weighted by molar-refractivity contribution is 7.80. The number of halogens is 1. The van der Waals surface area contributed by atoms with Crippen LogP contribution in [0.4, 0.5) is 0 Å². The van der Waals surface area contributed by atoms with Gasteiger partial charge in [0.2, 0.25) is 0 Å². The summed E-state index contributed by atoms with van der Waals surface area (Å²) < 4.78 is 0. The van der Waals surface area contributed by atoms with Crippen molar-refractivity contribution in [3.8, 4) is 0 Å². The summed E-state index contributed by atoms with van der Waals surface area (Å²) in [6, 6.07) is 24.3. The van der Waals surface area contributed by atoms with Crippen LogP contribution in [-0.4, -0.2) is 32.3 Å².